The van der Waals surface area contributed by atoms with E-state index >= 15 is 0 Å². The van der Waals surface area contributed by atoms with Gasteiger partial charge in [-0.3, -0.25) is 0 Å². The average molecular weight is 408 g/mol. The summed E-state index contributed by atoms with van der Waals surface area (Å²) in [5.41, 5.74) is 0.703. The number of nitrogens with zero attached hydrogens (tertiary/aromatic N) is 3. The van der Waals surface area contributed by atoms with Crippen LogP contribution in [0.4, 0.5) is 10.2 Å². The summed E-state index contributed by atoms with van der Waals surface area (Å²) in [4.78, 5) is 10.7. The lowest BCUT2D eigenvalue weighted by atomic mass is 9.98. The lowest BCUT2D eigenvalue weighted by Gasteiger charge is -2.34. The van der Waals surface area contributed by atoms with Crippen molar-refractivity contribution in [1.29, 1.82) is 0 Å². The SMILES string of the molecule is O=S(=O)(NCC1CCCN(c2ncnc3ccc(F)cc23)C1)C1CCOCC1. The minimum Gasteiger partial charge on any atom is -0.381 e. The number of aromatic nitrogens is 2. The van der Waals surface area contributed by atoms with Crippen LogP contribution in [0.1, 0.15) is 25.7 Å². The number of benzene rings is 1. The Kier molecular flexibility index (Phi) is 5.75. The number of ether oxygens (including phenoxy) is 1. The van der Waals surface area contributed by atoms with Crippen LogP contribution >= 0.6 is 0 Å². The molecule has 0 spiro atoms. The van der Waals surface area contributed by atoms with Gasteiger partial charge in [0.15, 0.2) is 0 Å². The Labute approximate surface area is 164 Å². The van der Waals surface area contributed by atoms with Crippen LogP contribution in [0.2, 0.25) is 0 Å². The van der Waals surface area contributed by atoms with E-state index in [0.717, 1.165) is 19.4 Å². The van der Waals surface area contributed by atoms with Crippen molar-refractivity contribution >= 4 is 26.7 Å². The van der Waals surface area contributed by atoms with Crippen LogP contribution in [-0.4, -0.2) is 56.5 Å². The summed E-state index contributed by atoms with van der Waals surface area (Å²) in [7, 11) is -3.33. The van der Waals surface area contributed by atoms with Crippen molar-refractivity contribution in [2.24, 2.45) is 5.92 Å². The molecule has 1 N–H and O–H groups in total. The number of piperidine rings is 1. The van der Waals surface area contributed by atoms with E-state index in [1.807, 2.05) is 0 Å². The molecule has 9 heteroatoms. The third-order valence-electron chi connectivity index (χ3n) is 5.58. The lowest BCUT2D eigenvalue weighted by Crippen LogP contribution is -2.44. The van der Waals surface area contributed by atoms with Crippen LogP contribution in [0.3, 0.4) is 0 Å². The normalized spacial score (nSPS) is 21.9. The van der Waals surface area contributed by atoms with Gasteiger partial charge < -0.3 is 9.64 Å². The summed E-state index contributed by atoms with van der Waals surface area (Å²) in [5, 5.41) is 0.320. The first-order valence-electron chi connectivity index (χ1n) is 9.74. The maximum Gasteiger partial charge on any atom is 0.214 e. The molecule has 28 heavy (non-hydrogen) atoms. The zero-order chi connectivity index (χ0) is 19.6. The second-order valence-corrected chi connectivity index (χ2v) is 9.56. The standard InChI is InChI=1S/C19H25FN4O3S/c20-15-3-4-18-17(10-15)19(22-13-21-18)24-7-1-2-14(12-24)11-23-28(25,26)16-5-8-27-9-6-16/h3-4,10,13-14,16,23H,1-2,5-9,11-12H2. The summed E-state index contributed by atoms with van der Waals surface area (Å²) in [6.07, 6.45) is 4.47. The molecule has 1 aromatic heterocycles. The highest BCUT2D eigenvalue weighted by atomic mass is 32.2. The fraction of sp³-hybridized carbons (Fsp3) is 0.579. The van der Waals surface area contributed by atoms with Crippen molar-refractivity contribution in [2.45, 2.75) is 30.9 Å². The Morgan fingerprint density at radius 2 is 2.04 bits per heavy atom. The van der Waals surface area contributed by atoms with Crippen molar-refractivity contribution in [1.82, 2.24) is 14.7 Å². The lowest BCUT2D eigenvalue weighted by molar-refractivity contribution is 0.0981. The van der Waals surface area contributed by atoms with Crippen LogP contribution in [-0.2, 0) is 14.8 Å². The molecule has 4 rings (SSSR count). The smallest absolute Gasteiger partial charge is 0.214 e. The van der Waals surface area contributed by atoms with Gasteiger partial charge in [-0.25, -0.2) is 27.5 Å². The van der Waals surface area contributed by atoms with Crippen LogP contribution < -0.4 is 9.62 Å². The third-order valence-corrected chi connectivity index (χ3v) is 7.49. The van der Waals surface area contributed by atoms with Crippen molar-refractivity contribution < 1.29 is 17.5 Å². The van der Waals surface area contributed by atoms with Crippen LogP contribution in [0.25, 0.3) is 10.9 Å². The van der Waals surface area contributed by atoms with Gasteiger partial charge in [-0.2, -0.15) is 0 Å². The van der Waals surface area contributed by atoms with Crippen molar-refractivity contribution in [3.8, 4) is 0 Å². The fourth-order valence-electron chi connectivity index (χ4n) is 4.03. The van der Waals surface area contributed by atoms with E-state index in [9.17, 15) is 12.8 Å². The van der Waals surface area contributed by atoms with Gasteiger partial charge in [0.1, 0.15) is 18.0 Å². The average Bonchev–Trinajstić information content (AvgIpc) is 2.73. The predicted molar refractivity (Wildman–Crippen MR) is 105 cm³/mol. The van der Waals surface area contributed by atoms with Crippen LogP contribution in [0, 0.1) is 11.7 Å². The topological polar surface area (TPSA) is 84.4 Å². The molecule has 1 atom stereocenters. The molecule has 0 radical (unpaired) electrons. The van der Waals surface area contributed by atoms with E-state index in [1.54, 1.807) is 6.07 Å². The predicted octanol–water partition coefficient (Wildman–Crippen LogP) is 2.08. The highest BCUT2D eigenvalue weighted by Gasteiger charge is 2.29. The first kappa shape index (κ1) is 19.5. The minimum absolute atomic E-state index is 0.182. The van der Waals surface area contributed by atoms with E-state index in [1.165, 1.54) is 18.5 Å². The summed E-state index contributed by atoms with van der Waals surface area (Å²) in [6, 6.07) is 4.50. The van der Waals surface area contributed by atoms with E-state index in [0.29, 0.717) is 55.9 Å². The number of hydrogen-bond donors (Lipinski definition) is 1. The fourth-order valence-corrected chi connectivity index (χ4v) is 5.55. The summed E-state index contributed by atoms with van der Waals surface area (Å²) in [5.74, 6) is 0.574. The van der Waals surface area contributed by atoms with E-state index < -0.39 is 10.0 Å². The Morgan fingerprint density at radius 1 is 1.21 bits per heavy atom. The monoisotopic (exact) mass is 408 g/mol. The molecule has 0 bridgehead atoms. The second kappa shape index (κ2) is 8.26. The first-order valence-corrected chi connectivity index (χ1v) is 11.3. The summed E-state index contributed by atoms with van der Waals surface area (Å²) < 4.78 is 46.9. The largest absolute Gasteiger partial charge is 0.381 e. The van der Waals surface area contributed by atoms with Gasteiger partial charge >= 0.3 is 0 Å². The quantitative estimate of drug-likeness (QED) is 0.816. The zero-order valence-electron chi connectivity index (χ0n) is 15.7. The van der Waals surface area contributed by atoms with Gasteiger partial charge in [-0.1, -0.05) is 0 Å². The maximum atomic E-state index is 13.7. The van der Waals surface area contributed by atoms with E-state index in [4.69, 9.17) is 4.74 Å². The number of nitrogens with one attached hydrogen (secondary N) is 1. The zero-order valence-corrected chi connectivity index (χ0v) is 16.5. The molecule has 2 aliphatic rings. The van der Waals surface area contributed by atoms with Gasteiger partial charge in [-0.05, 0) is 49.8 Å². The van der Waals surface area contributed by atoms with Gasteiger partial charge in [0.25, 0.3) is 0 Å². The maximum absolute atomic E-state index is 13.7. The molecule has 0 saturated carbocycles. The number of fused-ring (bicyclic) bond motifs is 1. The van der Waals surface area contributed by atoms with Gasteiger partial charge in [0, 0.05) is 38.2 Å². The first-order chi connectivity index (χ1) is 13.5. The highest BCUT2D eigenvalue weighted by molar-refractivity contribution is 7.90. The van der Waals surface area contributed by atoms with Crippen molar-refractivity contribution in [3.63, 3.8) is 0 Å². The molecule has 2 fully saturated rings. The Hall–Kier alpha value is -1.84. The Morgan fingerprint density at radius 3 is 2.86 bits per heavy atom. The molecule has 0 aliphatic carbocycles. The highest BCUT2D eigenvalue weighted by Crippen LogP contribution is 2.28. The number of rotatable bonds is 5. The molecule has 2 aromatic rings. The molecule has 3 heterocycles. The number of halogens is 1. The summed E-state index contributed by atoms with van der Waals surface area (Å²) >= 11 is 0. The summed E-state index contributed by atoms with van der Waals surface area (Å²) in [6.45, 7) is 2.90. The van der Waals surface area contributed by atoms with Crippen LogP contribution in [0.5, 0.6) is 0 Å². The molecule has 2 aliphatic heterocycles. The van der Waals surface area contributed by atoms with Gasteiger partial charge in [-0.15, -0.1) is 0 Å². The molecular formula is C19H25FN4O3S. The van der Waals surface area contributed by atoms with E-state index in [-0.39, 0.29) is 17.0 Å². The second-order valence-electron chi connectivity index (χ2n) is 7.52. The molecule has 0 amide bonds. The molecule has 1 unspecified atom stereocenters. The van der Waals surface area contributed by atoms with Crippen molar-refractivity contribution in [3.05, 3.63) is 30.3 Å². The number of sulfonamides is 1. The minimum atomic E-state index is -3.33. The molecule has 2 saturated heterocycles. The molecular weight excluding hydrogens is 383 g/mol. The number of anilines is 1. The van der Waals surface area contributed by atoms with Crippen LogP contribution in [0.15, 0.2) is 24.5 Å². The van der Waals surface area contributed by atoms with Gasteiger partial charge in [0.2, 0.25) is 10.0 Å². The Bertz CT molecular complexity index is 934. The number of hydrogen-bond acceptors (Lipinski definition) is 6. The van der Waals surface area contributed by atoms with Crippen molar-refractivity contribution in [2.75, 3.05) is 37.7 Å². The van der Waals surface area contributed by atoms with E-state index in [2.05, 4.69) is 19.6 Å². The molecule has 1 aromatic carbocycles. The third kappa shape index (κ3) is 4.26. The Balaban J connectivity index is 1.44. The van der Waals surface area contributed by atoms with Gasteiger partial charge in [0.05, 0.1) is 10.8 Å². The molecule has 7 nitrogen and oxygen atoms in total. The molecule has 152 valence electrons.